The number of hydrogen-bond acceptors (Lipinski definition) is 2. The molecule has 0 radical (unpaired) electrons. The Morgan fingerprint density at radius 2 is 1.81 bits per heavy atom. The van der Waals surface area contributed by atoms with Crippen molar-refractivity contribution < 1.29 is 5.11 Å². The Morgan fingerprint density at radius 3 is 2.31 bits per heavy atom. The van der Waals surface area contributed by atoms with Gasteiger partial charge in [-0.05, 0) is 50.5 Å². The van der Waals surface area contributed by atoms with E-state index in [1.54, 1.807) is 0 Å². The van der Waals surface area contributed by atoms with E-state index in [1.165, 1.54) is 32.1 Å². The van der Waals surface area contributed by atoms with Crippen molar-refractivity contribution in [3.05, 3.63) is 0 Å². The third kappa shape index (κ3) is 4.84. The van der Waals surface area contributed by atoms with E-state index in [0.29, 0.717) is 5.41 Å². The Balaban J connectivity index is 2.28. The van der Waals surface area contributed by atoms with Gasteiger partial charge in [0.1, 0.15) is 0 Å². The summed E-state index contributed by atoms with van der Waals surface area (Å²) in [5, 5.41) is 12.8. The Kier molecular flexibility index (Phi) is 5.77. The molecular weight excluding hydrogens is 198 g/mol. The number of hydrogen-bond donors (Lipinski definition) is 2. The Morgan fingerprint density at radius 1 is 1.19 bits per heavy atom. The lowest BCUT2D eigenvalue weighted by molar-refractivity contribution is 0.176. The molecule has 0 saturated heterocycles. The molecule has 1 aliphatic rings. The second-order valence-electron chi connectivity index (χ2n) is 6.12. The fourth-order valence-corrected chi connectivity index (χ4v) is 3.11. The van der Waals surface area contributed by atoms with E-state index in [2.05, 4.69) is 19.2 Å². The van der Waals surface area contributed by atoms with Crippen LogP contribution in [-0.2, 0) is 0 Å². The van der Waals surface area contributed by atoms with Crippen LogP contribution >= 0.6 is 0 Å². The van der Waals surface area contributed by atoms with Gasteiger partial charge in [-0.1, -0.05) is 26.7 Å². The molecule has 0 heterocycles. The molecule has 1 fully saturated rings. The first-order valence-corrected chi connectivity index (χ1v) is 6.93. The van der Waals surface area contributed by atoms with E-state index in [0.717, 1.165) is 25.4 Å². The summed E-state index contributed by atoms with van der Waals surface area (Å²) in [5.74, 6) is 0.802. The monoisotopic (exact) mass is 227 g/mol. The van der Waals surface area contributed by atoms with Crippen molar-refractivity contribution in [3.63, 3.8) is 0 Å². The molecule has 16 heavy (non-hydrogen) atoms. The lowest BCUT2D eigenvalue weighted by atomic mass is 9.78. The fourth-order valence-electron chi connectivity index (χ4n) is 3.11. The summed E-state index contributed by atoms with van der Waals surface area (Å²) in [7, 11) is 0. The molecule has 0 aliphatic heterocycles. The molecule has 0 amide bonds. The summed E-state index contributed by atoms with van der Waals surface area (Å²) in [6, 6.07) is 0. The molecule has 1 saturated carbocycles. The molecule has 1 atom stereocenters. The summed E-state index contributed by atoms with van der Waals surface area (Å²) in [6.07, 6.45) is 7.67. The lowest BCUT2D eigenvalue weighted by Crippen LogP contribution is -2.34. The van der Waals surface area contributed by atoms with Crippen molar-refractivity contribution in [2.24, 2.45) is 11.3 Å². The van der Waals surface area contributed by atoms with Crippen LogP contribution in [0.15, 0.2) is 0 Å². The average Bonchev–Trinajstić information content (AvgIpc) is 2.60. The number of aliphatic hydroxyl groups excluding tert-OH is 1. The molecule has 0 spiro atoms. The van der Waals surface area contributed by atoms with Gasteiger partial charge in [0.25, 0.3) is 0 Å². The largest absolute Gasteiger partial charge is 0.393 e. The first kappa shape index (κ1) is 14.0. The Hall–Kier alpha value is -0.0800. The maximum atomic E-state index is 9.21. The highest BCUT2D eigenvalue weighted by Gasteiger charge is 2.33. The summed E-state index contributed by atoms with van der Waals surface area (Å²) < 4.78 is 0. The second-order valence-corrected chi connectivity index (χ2v) is 6.12. The third-order valence-electron chi connectivity index (χ3n) is 3.74. The van der Waals surface area contributed by atoms with Gasteiger partial charge in [-0.2, -0.15) is 0 Å². The van der Waals surface area contributed by atoms with Crippen LogP contribution in [0.25, 0.3) is 0 Å². The normalized spacial score (nSPS) is 21.6. The maximum Gasteiger partial charge on any atom is 0.0524 e. The van der Waals surface area contributed by atoms with Gasteiger partial charge in [-0.3, -0.25) is 0 Å². The predicted molar refractivity (Wildman–Crippen MR) is 69.5 cm³/mol. The SMILES string of the molecule is CC(C)CC1(CNCCC(C)O)CCCC1. The molecule has 2 heteroatoms. The fraction of sp³-hybridized carbons (Fsp3) is 1.00. The number of rotatable bonds is 7. The zero-order chi connectivity index (χ0) is 12.0. The molecule has 0 aromatic heterocycles. The van der Waals surface area contributed by atoms with Crippen LogP contribution in [0.3, 0.4) is 0 Å². The minimum absolute atomic E-state index is 0.169. The van der Waals surface area contributed by atoms with Crippen LogP contribution in [0.5, 0.6) is 0 Å². The van der Waals surface area contributed by atoms with E-state index >= 15 is 0 Å². The van der Waals surface area contributed by atoms with Crippen LogP contribution in [0, 0.1) is 11.3 Å². The molecule has 2 N–H and O–H groups in total. The van der Waals surface area contributed by atoms with Crippen LogP contribution in [0.1, 0.15) is 59.3 Å². The standard InChI is InChI=1S/C14H29NO/c1-12(2)10-14(7-4-5-8-14)11-15-9-6-13(3)16/h12-13,15-16H,4-11H2,1-3H3. The van der Waals surface area contributed by atoms with Crippen molar-refractivity contribution in [1.82, 2.24) is 5.32 Å². The highest BCUT2D eigenvalue weighted by atomic mass is 16.3. The molecule has 2 nitrogen and oxygen atoms in total. The molecule has 0 aromatic rings. The highest BCUT2D eigenvalue weighted by molar-refractivity contribution is 4.87. The van der Waals surface area contributed by atoms with Gasteiger partial charge >= 0.3 is 0 Å². The van der Waals surface area contributed by atoms with Gasteiger partial charge in [0.2, 0.25) is 0 Å². The third-order valence-corrected chi connectivity index (χ3v) is 3.74. The van der Waals surface area contributed by atoms with Crippen molar-refractivity contribution >= 4 is 0 Å². The van der Waals surface area contributed by atoms with Gasteiger partial charge in [0.05, 0.1) is 6.10 Å². The van der Waals surface area contributed by atoms with Crippen LogP contribution in [0.4, 0.5) is 0 Å². The van der Waals surface area contributed by atoms with E-state index in [4.69, 9.17) is 0 Å². The van der Waals surface area contributed by atoms with Gasteiger partial charge in [-0.15, -0.1) is 0 Å². The van der Waals surface area contributed by atoms with Crippen LogP contribution < -0.4 is 5.32 Å². The second kappa shape index (κ2) is 6.61. The van der Waals surface area contributed by atoms with Crippen molar-refractivity contribution in [3.8, 4) is 0 Å². The van der Waals surface area contributed by atoms with Gasteiger partial charge < -0.3 is 10.4 Å². The van der Waals surface area contributed by atoms with E-state index in [1.807, 2.05) is 6.92 Å². The van der Waals surface area contributed by atoms with Crippen LogP contribution in [-0.4, -0.2) is 24.3 Å². The number of nitrogens with one attached hydrogen (secondary N) is 1. The summed E-state index contributed by atoms with van der Waals surface area (Å²) in [6.45, 7) is 8.63. The first-order chi connectivity index (χ1) is 7.54. The Bertz CT molecular complexity index is 183. The van der Waals surface area contributed by atoms with Gasteiger partial charge in [0.15, 0.2) is 0 Å². The first-order valence-electron chi connectivity index (χ1n) is 6.93. The topological polar surface area (TPSA) is 32.3 Å². The zero-order valence-corrected chi connectivity index (χ0v) is 11.3. The minimum Gasteiger partial charge on any atom is -0.393 e. The minimum atomic E-state index is -0.169. The van der Waals surface area contributed by atoms with E-state index < -0.39 is 0 Å². The highest BCUT2D eigenvalue weighted by Crippen LogP contribution is 2.42. The van der Waals surface area contributed by atoms with E-state index in [9.17, 15) is 5.11 Å². The average molecular weight is 227 g/mol. The van der Waals surface area contributed by atoms with Crippen molar-refractivity contribution in [1.29, 1.82) is 0 Å². The van der Waals surface area contributed by atoms with Crippen molar-refractivity contribution in [2.75, 3.05) is 13.1 Å². The molecule has 0 bridgehead atoms. The summed E-state index contributed by atoms with van der Waals surface area (Å²) >= 11 is 0. The zero-order valence-electron chi connectivity index (χ0n) is 11.3. The quantitative estimate of drug-likeness (QED) is 0.655. The van der Waals surface area contributed by atoms with E-state index in [-0.39, 0.29) is 6.10 Å². The lowest BCUT2D eigenvalue weighted by Gasteiger charge is -2.31. The maximum absolute atomic E-state index is 9.21. The summed E-state index contributed by atoms with van der Waals surface area (Å²) in [4.78, 5) is 0. The van der Waals surface area contributed by atoms with Gasteiger partial charge in [-0.25, -0.2) is 0 Å². The molecule has 1 aliphatic carbocycles. The molecule has 1 rings (SSSR count). The molecule has 0 aromatic carbocycles. The molecular formula is C14H29NO. The Labute approximate surface area is 101 Å². The van der Waals surface area contributed by atoms with Gasteiger partial charge in [0, 0.05) is 6.54 Å². The van der Waals surface area contributed by atoms with Crippen LogP contribution in [0.2, 0.25) is 0 Å². The summed E-state index contributed by atoms with van der Waals surface area (Å²) in [5.41, 5.74) is 0.562. The smallest absolute Gasteiger partial charge is 0.0524 e. The predicted octanol–water partition coefficient (Wildman–Crippen LogP) is 2.95. The molecule has 1 unspecified atom stereocenters. The van der Waals surface area contributed by atoms with Crippen molar-refractivity contribution in [2.45, 2.75) is 65.4 Å². The molecule has 96 valence electrons. The number of aliphatic hydroxyl groups is 1.